The molecule has 134 valence electrons. The highest BCUT2D eigenvalue weighted by molar-refractivity contribution is 6.01. The van der Waals surface area contributed by atoms with Gasteiger partial charge in [-0.1, -0.05) is 61.5 Å². The van der Waals surface area contributed by atoms with Crippen molar-refractivity contribution in [1.29, 1.82) is 0 Å². The van der Waals surface area contributed by atoms with Gasteiger partial charge in [-0.05, 0) is 23.6 Å². The summed E-state index contributed by atoms with van der Waals surface area (Å²) in [4.78, 5) is 35.8. The van der Waals surface area contributed by atoms with E-state index in [2.05, 4.69) is 5.32 Å². The van der Waals surface area contributed by atoms with Crippen molar-refractivity contribution in [1.82, 2.24) is 5.32 Å². The van der Waals surface area contributed by atoms with Crippen molar-refractivity contribution >= 4 is 23.7 Å². The topological polar surface area (TPSA) is 72.5 Å². The highest BCUT2D eigenvalue weighted by Crippen LogP contribution is 2.09. The second kappa shape index (κ2) is 9.32. The van der Waals surface area contributed by atoms with Crippen LogP contribution in [-0.2, 0) is 20.7 Å². The van der Waals surface area contributed by atoms with Crippen molar-refractivity contribution in [3.8, 4) is 0 Å². The molecule has 0 radical (unpaired) electrons. The lowest BCUT2D eigenvalue weighted by atomic mass is 10.1. The first-order valence-electron chi connectivity index (χ1n) is 8.33. The number of amides is 1. The smallest absolute Gasteiger partial charge is 0.355 e. The van der Waals surface area contributed by atoms with Gasteiger partial charge in [0.05, 0.1) is 0 Å². The third-order valence-corrected chi connectivity index (χ3v) is 3.66. The Morgan fingerprint density at radius 3 is 2.23 bits per heavy atom. The van der Waals surface area contributed by atoms with Crippen LogP contribution >= 0.6 is 0 Å². The molecule has 2 aromatic carbocycles. The van der Waals surface area contributed by atoms with Crippen molar-refractivity contribution < 1.29 is 19.1 Å². The maximum Gasteiger partial charge on any atom is 0.355 e. The first kappa shape index (κ1) is 19.1. The molecule has 0 aliphatic heterocycles. The molecule has 0 saturated carbocycles. The van der Waals surface area contributed by atoms with Crippen LogP contribution in [-0.4, -0.2) is 24.3 Å². The van der Waals surface area contributed by atoms with Crippen molar-refractivity contribution in [2.45, 2.75) is 20.3 Å². The standard InChI is InChI=1S/C21H21NO4/c1-3-16-9-11-18(12-10-16)20(24)14-26-21(25)19(22-15(2)23)13-17-7-5-4-6-8-17/h4-13H,3,14H2,1-2H3,(H,22,23)/b19-13+. The summed E-state index contributed by atoms with van der Waals surface area (Å²) in [5, 5.41) is 2.44. The van der Waals surface area contributed by atoms with Gasteiger partial charge in [-0.15, -0.1) is 0 Å². The van der Waals surface area contributed by atoms with Gasteiger partial charge in [-0.2, -0.15) is 0 Å². The molecule has 5 nitrogen and oxygen atoms in total. The van der Waals surface area contributed by atoms with Crippen LogP contribution in [0.2, 0.25) is 0 Å². The summed E-state index contributed by atoms with van der Waals surface area (Å²) in [6.45, 7) is 2.93. The van der Waals surface area contributed by atoms with E-state index in [1.807, 2.05) is 37.3 Å². The molecule has 0 spiro atoms. The first-order valence-corrected chi connectivity index (χ1v) is 8.33. The Hall–Kier alpha value is -3.21. The Balaban J connectivity index is 2.05. The highest BCUT2D eigenvalue weighted by Gasteiger charge is 2.15. The molecule has 2 aromatic rings. The molecule has 26 heavy (non-hydrogen) atoms. The van der Waals surface area contributed by atoms with Crippen molar-refractivity contribution in [2.24, 2.45) is 0 Å². The zero-order valence-electron chi connectivity index (χ0n) is 14.8. The normalized spacial score (nSPS) is 10.9. The molecule has 5 heteroatoms. The average Bonchev–Trinajstić information content (AvgIpc) is 2.66. The Labute approximate surface area is 152 Å². The van der Waals surface area contributed by atoms with E-state index in [1.165, 1.54) is 13.0 Å². The van der Waals surface area contributed by atoms with E-state index in [0.717, 1.165) is 17.5 Å². The minimum Gasteiger partial charge on any atom is -0.453 e. The number of benzene rings is 2. The predicted octanol–water partition coefficient (Wildman–Crippen LogP) is 3.15. The first-order chi connectivity index (χ1) is 12.5. The lowest BCUT2D eigenvalue weighted by Crippen LogP contribution is -2.27. The number of aryl methyl sites for hydroxylation is 1. The largest absolute Gasteiger partial charge is 0.453 e. The second-order valence-corrected chi connectivity index (χ2v) is 5.70. The molecule has 0 aliphatic rings. The van der Waals surface area contributed by atoms with Crippen LogP contribution in [0, 0.1) is 0 Å². The number of esters is 1. The molecule has 0 heterocycles. The van der Waals surface area contributed by atoms with Crippen molar-refractivity contribution in [2.75, 3.05) is 6.61 Å². The number of ketones is 1. The molecule has 1 amide bonds. The summed E-state index contributed by atoms with van der Waals surface area (Å²) < 4.78 is 5.08. The maximum atomic E-state index is 12.3. The molecule has 0 aliphatic carbocycles. The van der Waals surface area contributed by atoms with E-state index < -0.39 is 18.5 Å². The summed E-state index contributed by atoms with van der Waals surface area (Å²) in [5.74, 6) is -1.46. The van der Waals surface area contributed by atoms with Gasteiger partial charge in [0.2, 0.25) is 5.91 Å². The van der Waals surface area contributed by atoms with Gasteiger partial charge in [0.25, 0.3) is 0 Å². The molecule has 0 atom stereocenters. The van der Waals surface area contributed by atoms with Gasteiger partial charge in [0.15, 0.2) is 12.4 Å². The van der Waals surface area contributed by atoms with E-state index in [1.54, 1.807) is 24.3 Å². The number of carbonyl (C=O) groups is 3. The number of Topliss-reactive ketones (excluding diaryl/α,β-unsaturated/α-hetero) is 1. The molecular weight excluding hydrogens is 330 g/mol. The number of ether oxygens (including phenoxy) is 1. The van der Waals surface area contributed by atoms with E-state index in [9.17, 15) is 14.4 Å². The zero-order valence-corrected chi connectivity index (χ0v) is 14.8. The van der Waals surface area contributed by atoms with Crippen LogP contribution in [0.3, 0.4) is 0 Å². The Kier molecular flexibility index (Phi) is 6.85. The SMILES string of the molecule is CCc1ccc(C(=O)COC(=O)/C(=C\c2ccccc2)NC(C)=O)cc1. The zero-order chi connectivity index (χ0) is 18.9. The van der Waals surface area contributed by atoms with Crippen LogP contribution in [0.25, 0.3) is 6.08 Å². The number of rotatable bonds is 7. The summed E-state index contributed by atoms with van der Waals surface area (Å²) >= 11 is 0. The lowest BCUT2D eigenvalue weighted by molar-refractivity contribution is -0.139. The third-order valence-electron chi connectivity index (χ3n) is 3.66. The van der Waals surface area contributed by atoms with E-state index >= 15 is 0 Å². The number of hydrogen-bond acceptors (Lipinski definition) is 4. The van der Waals surface area contributed by atoms with Gasteiger partial charge in [0.1, 0.15) is 5.70 Å². The van der Waals surface area contributed by atoms with Gasteiger partial charge >= 0.3 is 5.97 Å². The average molecular weight is 351 g/mol. The molecule has 0 unspecified atom stereocenters. The molecule has 1 N–H and O–H groups in total. The molecule has 2 rings (SSSR count). The van der Waals surface area contributed by atoms with Gasteiger partial charge in [0, 0.05) is 12.5 Å². The van der Waals surface area contributed by atoms with E-state index in [4.69, 9.17) is 4.74 Å². The Bertz CT molecular complexity index is 808. The maximum absolute atomic E-state index is 12.3. The lowest BCUT2D eigenvalue weighted by Gasteiger charge is -2.09. The Morgan fingerprint density at radius 2 is 1.65 bits per heavy atom. The fourth-order valence-electron chi connectivity index (χ4n) is 2.27. The molecule has 0 saturated heterocycles. The number of hydrogen-bond donors (Lipinski definition) is 1. The molecular formula is C21H21NO4. The van der Waals surface area contributed by atoms with E-state index in [0.29, 0.717) is 5.56 Å². The van der Waals surface area contributed by atoms with Crippen molar-refractivity contribution in [3.63, 3.8) is 0 Å². The van der Waals surface area contributed by atoms with Gasteiger partial charge < -0.3 is 10.1 Å². The molecule has 0 bridgehead atoms. The third kappa shape index (κ3) is 5.70. The quantitative estimate of drug-likeness (QED) is 0.472. The minimum absolute atomic E-state index is 0.0159. The van der Waals surface area contributed by atoms with Crippen LogP contribution in [0.1, 0.15) is 35.3 Å². The number of carbonyl (C=O) groups excluding carboxylic acids is 3. The Morgan fingerprint density at radius 1 is 1.00 bits per heavy atom. The monoisotopic (exact) mass is 351 g/mol. The predicted molar refractivity (Wildman–Crippen MR) is 99.3 cm³/mol. The molecule has 0 fully saturated rings. The van der Waals surface area contributed by atoms with Crippen LogP contribution in [0.5, 0.6) is 0 Å². The fourth-order valence-corrected chi connectivity index (χ4v) is 2.27. The minimum atomic E-state index is -0.761. The van der Waals surface area contributed by atoms with Gasteiger partial charge in [-0.25, -0.2) is 4.79 Å². The highest BCUT2D eigenvalue weighted by atomic mass is 16.5. The summed E-state index contributed by atoms with van der Waals surface area (Å²) in [6.07, 6.45) is 2.39. The molecule has 0 aromatic heterocycles. The second-order valence-electron chi connectivity index (χ2n) is 5.70. The van der Waals surface area contributed by atoms with Crippen LogP contribution in [0.15, 0.2) is 60.3 Å². The number of nitrogens with one attached hydrogen (secondary N) is 1. The van der Waals surface area contributed by atoms with Crippen LogP contribution < -0.4 is 5.32 Å². The summed E-state index contributed by atoms with van der Waals surface area (Å²) in [5.41, 5.74) is 2.31. The van der Waals surface area contributed by atoms with Crippen molar-refractivity contribution in [3.05, 3.63) is 77.0 Å². The van der Waals surface area contributed by atoms with Gasteiger partial charge in [-0.3, -0.25) is 9.59 Å². The van der Waals surface area contributed by atoms with E-state index in [-0.39, 0.29) is 11.5 Å². The summed E-state index contributed by atoms with van der Waals surface area (Å²) in [6, 6.07) is 16.2. The summed E-state index contributed by atoms with van der Waals surface area (Å²) in [7, 11) is 0. The van der Waals surface area contributed by atoms with Crippen LogP contribution in [0.4, 0.5) is 0 Å². The fraction of sp³-hybridized carbons (Fsp3) is 0.190.